The van der Waals surface area contributed by atoms with Crippen molar-refractivity contribution < 1.29 is 18.4 Å². The van der Waals surface area contributed by atoms with Gasteiger partial charge in [0.1, 0.15) is 5.92 Å². The molecule has 1 fully saturated rings. The number of oxime groups is 1. The summed E-state index contributed by atoms with van der Waals surface area (Å²) in [6.07, 6.45) is -0.526. The number of amidine groups is 1. The molecule has 1 unspecified atom stereocenters. The fraction of sp³-hybridized carbons (Fsp3) is 0.889. The monoisotopic (exact) mass is 271 g/mol. The van der Waals surface area contributed by atoms with Crippen molar-refractivity contribution >= 4 is 17.6 Å². The number of thioether (sulfide) groups is 1. The molecule has 1 aliphatic carbocycles. The van der Waals surface area contributed by atoms with Gasteiger partial charge in [0, 0.05) is 17.8 Å². The van der Waals surface area contributed by atoms with Crippen LogP contribution in [0.1, 0.15) is 12.8 Å². The van der Waals surface area contributed by atoms with Crippen LogP contribution in [0.15, 0.2) is 5.16 Å². The summed E-state index contributed by atoms with van der Waals surface area (Å²) in [5.74, 6) is -2.75. The summed E-state index contributed by atoms with van der Waals surface area (Å²) in [4.78, 5) is 0. The number of rotatable bonds is 6. The SMILES string of the molecule is CSC1(CNCC(C(N)=NO)C(F)(F)F)CC1. The molecule has 0 spiro atoms. The Balaban J connectivity index is 2.45. The van der Waals surface area contributed by atoms with E-state index in [0.717, 1.165) is 12.8 Å². The van der Waals surface area contributed by atoms with Gasteiger partial charge in [-0.05, 0) is 19.1 Å². The largest absolute Gasteiger partial charge is 0.409 e. The van der Waals surface area contributed by atoms with E-state index in [4.69, 9.17) is 10.9 Å². The lowest BCUT2D eigenvalue weighted by Gasteiger charge is -2.21. The molecule has 0 bridgehead atoms. The second-order valence-electron chi connectivity index (χ2n) is 4.14. The Kier molecular flexibility index (Phi) is 4.54. The third-order valence-corrected chi connectivity index (χ3v) is 4.32. The normalized spacial score (nSPS) is 21.3. The molecule has 4 nitrogen and oxygen atoms in total. The number of nitrogens with one attached hydrogen (secondary N) is 1. The van der Waals surface area contributed by atoms with Crippen LogP contribution in [0.4, 0.5) is 13.2 Å². The number of hydrogen-bond donors (Lipinski definition) is 3. The predicted molar refractivity (Wildman–Crippen MR) is 61.3 cm³/mol. The minimum atomic E-state index is -4.50. The summed E-state index contributed by atoms with van der Waals surface area (Å²) in [6.45, 7) is 0.154. The molecule has 1 aliphatic rings. The quantitative estimate of drug-likeness (QED) is 0.295. The van der Waals surface area contributed by atoms with E-state index in [1.54, 1.807) is 11.8 Å². The van der Waals surface area contributed by atoms with E-state index in [-0.39, 0.29) is 11.3 Å². The maximum atomic E-state index is 12.6. The average molecular weight is 271 g/mol. The first-order valence-corrected chi connectivity index (χ1v) is 6.37. The lowest BCUT2D eigenvalue weighted by atomic mass is 10.1. The summed E-state index contributed by atoms with van der Waals surface area (Å²) in [6, 6.07) is 0. The van der Waals surface area contributed by atoms with Crippen LogP contribution in [0, 0.1) is 5.92 Å². The highest BCUT2D eigenvalue weighted by Gasteiger charge is 2.45. The van der Waals surface area contributed by atoms with E-state index in [1.165, 1.54) is 0 Å². The van der Waals surface area contributed by atoms with Gasteiger partial charge in [0.05, 0.1) is 0 Å². The molecule has 0 heterocycles. The standard InChI is InChI=1S/C9H16F3N3OS/c1-17-8(2-3-8)5-14-4-6(7(13)15-16)9(10,11)12/h6,14,16H,2-5H2,1H3,(H2,13,15). The van der Waals surface area contributed by atoms with Crippen LogP contribution in [-0.2, 0) is 0 Å². The van der Waals surface area contributed by atoms with Crippen molar-refractivity contribution in [1.29, 1.82) is 0 Å². The Hall–Kier alpha value is -0.630. The van der Waals surface area contributed by atoms with Crippen molar-refractivity contribution in [2.45, 2.75) is 23.8 Å². The Morgan fingerprint density at radius 2 is 2.18 bits per heavy atom. The smallest absolute Gasteiger partial charge is 0.400 e. The average Bonchev–Trinajstić information content (AvgIpc) is 3.02. The first-order chi connectivity index (χ1) is 7.84. The fourth-order valence-electron chi connectivity index (χ4n) is 1.49. The van der Waals surface area contributed by atoms with Crippen LogP contribution in [0.3, 0.4) is 0 Å². The van der Waals surface area contributed by atoms with Crippen molar-refractivity contribution in [1.82, 2.24) is 5.32 Å². The van der Waals surface area contributed by atoms with E-state index < -0.39 is 17.9 Å². The predicted octanol–water partition coefficient (Wildman–Crippen LogP) is 1.40. The van der Waals surface area contributed by atoms with Crippen LogP contribution in [-0.4, -0.2) is 41.3 Å². The molecule has 0 aromatic heterocycles. The van der Waals surface area contributed by atoms with E-state index in [1.807, 2.05) is 6.26 Å². The lowest BCUT2D eigenvalue weighted by Crippen LogP contribution is -2.44. The van der Waals surface area contributed by atoms with Gasteiger partial charge in [0.25, 0.3) is 0 Å². The van der Waals surface area contributed by atoms with Crippen LogP contribution < -0.4 is 11.1 Å². The first-order valence-electron chi connectivity index (χ1n) is 5.14. The van der Waals surface area contributed by atoms with Gasteiger partial charge in [-0.25, -0.2) is 0 Å². The molecule has 0 aromatic carbocycles. The Morgan fingerprint density at radius 1 is 1.59 bits per heavy atom. The van der Waals surface area contributed by atoms with E-state index >= 15 is 0 Å². The van der Waals surface area contributed by atoms with Crippen LogP contribution in [0.5, 0.6) is 0 Å². The molecule has 0 radical (unpaired) electrons. The summed E-state index contributed by atoms with van der Waals surface area (Å²) in [5.41, 5.74) is 5.04. The van der Waals surface area contributed by atoms with Gasteiger partial charge in [-0.2, -0.15) is 24.9 Å². The van der Waals surface area contributed by atoms with Crippen molar-refractivity contribution in [2.24, 2.45) is 16.8 Å². The Labute approximate surface area is 102 Å². The molecule has 1 rings (SSSR count). The molecule has 100 valence electrons. The molecule has 8 heteroatoms. The highest BCUT2D eigenvalue weighted by atomic mass is 32.2. The van der Waals surface area contributed by atoms with Crippen molar-refractivity contribution in [3.63, 3.8) is 0 Å². The molecule has 0 aromatic rings. The molecule has 0 aliphatic heterocycles. The van der Waals surface area contributed by atoms with Crippen molar-refractivity contribution in [2.75, 3.05) is 19.3 Å². The van der Waals surface area contributed by atoms with Gasteiger partial charge in [0.2, 0.25) is 0 Å². The number of nitrogens with zero attached hydrogens (tertiary/aromatic N) is 1. The molecule has 1 atom stereocenters. The van der Waals surface area contributed by atoms with Crippen LogP contribution >= 0.6 is 11.8 Å². The maximum absolute atomic E-state index is 12.6. The van der Waals surface area contributed by atoms with Crippen molar-refractivity contribution in [3.05, 3.63) is 0 Å². The van der Waals surface area contributed by atoms with Crippen LogP contribution in [0.25, 0.3) is 0 Å². The van der Waals surface area contributed by atoms with Gasteiger partial charge in [-0.1, -0.05) is 5.16 Å². The fourth-order valence-corrected chi connectivity index (χ4v) is 2.25. The Bertz CT molecular complexity index is 292. The molecule has 1 saturated carbocycles. The number of nitrogens with two attached hydrogens (primary N) is 1. The summed E-state index contributed by atoms with van der Waals surface area (Å²) < 4.78 is 37.8. The minimum absolute atomic E-state index is 0.0846. The number of hydrogen-bond acceptors (Lipinski definition) is 4. The molecule has 17 heavy (non-hydrogen) atoms. The summed E-state index contributed by atoms with van der Waals surface area (Å²) in [5, 5.41) is 13.5. The Morgan fingerprint density at radius 3 is 2.53 bits per heavy atom. The zero-order chi connectivity index (χ0) is 13.1. The van der Waals surface area contributed by atoms with Gasteiger partial charge < -0.3 is 16.3 Å². The molecule has 4 N–H and O–H groups in total. The second kappa shape index (κ2) is 5.34. The molecular weight excluding hydrogens is 255 g/mol. The van der Waals surface area contributed by atoms with E-state index in [0.29, 0.717) is 6.54 Å². The maximum Gasteiger partial charge on any atom is 0.400 e. The molecular formula is C9H16F3N3OS. The molecule has 0 saturated heterocycles. The van der Waals surface area contributed by atoms with Crippen LogP contribution in [0.2, 0.25) is 0 Å². The zero-order valence-corrected chi connectivity index (χ0v) is 10.2. The van der Waals surface area contributed by atoms with Crippen molar-refractivity contribution in [3.8, 4) is 0 Å². The van der Waals surface area contributed by atoms with Gasteiger partial charge in [0.15, 0.2) is 5.84 Å². The van der Waals surface area contributed by atoms with Gasteiger partial charge in [-0.15, -0.1) is 0 Å². The topological polar surface area (TPSA) is 70.6 Å². The highest BCUT2D eigenvalue weighted by molar-refractivity contribution is 8.00. The number of halogens is 3. The minimum Gasteiger partial charge on any atom is -0.409 e. The van der Waals surface area contributed by atoms with E-state index in [9.17, 15) is 13.2 Å². The van der Waals surface area contributed by atoms with E-state index in [2.05, 4.69) is 10.5 Å². The zero-order valence-electron chi connectivity index (χ0n) is 9.42. The van der Waals surface area contributed by atoms with Gasteiger partial charge >= 0.3 is 6.18 Å². The molecule has 0 amide bonds. The third kappa shape index (κ3) is 3.95. The highest BCUT2D eigenvalue weighted by Crippen LogP contribution is 2.46. The third-order valence-electron chi connectivity index (χ3n) is 2.90. The number of alkyl halides is 3. The first kappa shape index (κ1) is 14.4. The summed E-state index contributed by atoms with van der Waals surface area (Å²) in [7, 11) is 0. The summed E-state index contributed by atoms with van der Waals surface area (Å²) >= 11 is 1.66. The van der Waals surface area contributed by atoms with Gasteiger partial charge in [-0.3, -0.25) is 0 Å². The lowest BCUT2D eigenvalue weighted by molar-refractivity contribution is -0.154. The second-order valence-corrected chi connectivity index (χ2v) is 5.41.